The number of carboxylic acid groups (broad SMARTS) is 2. The Morgan fingerprint density at radius 1 is 0.927 bits per heavy atom. The minimum atomic E-state index is -5.08. The summed E-state index contributed by atoms with van der Waals surface area (Å²) in [7, 11) is 0. The number of halogens is 6. The maximum Gasteiger partial charge on any atom is 0.490 e. The highest BCUT2D eigenvalue weighted by Gasteiger charge is 2.50. The average Bonchev–Trinajstić information content (AvgIpc) is 3.28. The van der Waals surface area contributed by atoms with Gasteiger partial charge in [-0.1, -0.05) is 24.3 Å². The number of likely N-dealkylation sites (tertiary alicyclic amines) is 1. The van der Waals surface area contributed by atoms with Gasteiger partial charge in [0.2, 0.25) is 11.8 Å². The van der Waals surface area contributed by atoms with Gasteiger partial charge in [0, 0.05) is 44.6 Å². The van der Waals surface area contributed by atoms with E-state index in [1.54, 1.807) is 18.0 Å². The Morgan fingerprint density at radius 2 is 1.49 bits per heavy atom. The molecule has 0 bridgehead atoms. The smallest absolute Gasteiger partial charge is 0.475 e. The summed E-state index contributed by atoms with van der Waals surface area (Å²) in [5, 5.41) is 14.2. The number of nitrogens with zero attached hydrogens (tertiary/aromatic N) is 4. The Hall–Kier alpha value is -4.21. The summed E-state index contributed by atoms with van der Waals surface area (Å²) < 4.78 is 63.5. The maximum absolute atomic E-state index is 12.7. The van der Waals surface area contributed by atoms with Crippen molar-refractivity contribution in [3.05, 3.63) is 60.4 Å². The largest absolute Gasteiger partial charge is 0.490 e. The van der Waals surface area contributed by atoms with Crippen LogP contribution in [-0.2, 0) is 25.7 Å². The molecule has 4 rings (SSSR count). The summed E-state index contributed by atoms with van der Waals surface area (Å²) in [6.45, 7) is 4.72. The van der Waals surface area contributed by atoms with Crippen molar-refractivity contribution in [2.24, 2.45) is 0 Å². The van der Waals surface area contributed by atoms with E-state index in [2.05, 4.69) is 16.0 Å². The maximum atomic E-state index is 12.7. The number of alkyl halides is 6. The van der Waals surface area contributed by atoms with Crippen LogP contribution in [0.1, 0.15) is 18.9 Å². The van der Waals surface area contributed by atoms with E-state index < -0.39 is 24.3 Å². The minimum Gasteiger partial charge on any atom is -0.475 e. The number of aromatic nitrogens is 1. The molecular formula is C25H26F6N4O6. The van der Waals surface area contributed by atoms with Crippen LogP contribution in [0.15, 0.2) is 54.9 Å². The van der Waals surface area contributed by atoms with Crippen LogP contribution in [0, 0.1) is 0 Å². The highest BCUT2D eigenvalue weighted by atomic mass is 19.4. The summed E-state index contributed by atoms with van der Waals surface area (Å²) in [5.74, 6) is -5.56. The fourth-order valence-electron chi connectivity index (χ4n) is 4.32. The number of rotatable bonds is 3. The molecule has 16 heteroatoms. The van der Waals surface area contributed by atoms with Gasteiger partial charge in [-0.05, 0) is 30.2 Å². The first-order valence-corrected chi connectivity index (χ1v) is 11.8. The van der Waals surface area contributed by atoms with Crippen LogP contribution in [0.5, 0.6) is 0 Å². The molecule has 1 aromatic heterocycles. The number of pyridine rings is 1. The first-order valence-electron chi connectivity index (χ1n) is 11.8. The molecule has 2 amide bonds. The number of hydrogen-bond donors (Lipinski definition) is 2. The number of carbonyl (C=O) groups is 4. The van der Waals surface area contributed by atoms with Gasteiger partial charge >= 0.3 is 24.3 Å². The van der Waals surface area contributed by atoms with Crippen molar-refractivity contribution >= 4 is 29.4 Å². The van der Waals surface area contributed by atoms with Gasteiger partial charge < -0.3 is 20.0 Å². The van der Waals surface area contributed by atoms with E-state index in [-0.39, 0.29) is 23.9 Å². The van der Waals surface area contributed by atoms with Gasteiger partial charge in [-0.3, -0.25) is 19.5 Å². The third-order valence-electron chi connectivity index (χ3n) is 6.09. The summed E-state index contributed by atoms with van der Waals surface area (Å²) in [6.07, 6.45) is -5.64. The predicted molar refractivity (Wildman–Crippen MR) is 130 cm³/mol. The molecule has 1 atom stereocenters. The van der Waals surface area contributed by atoms with Crippen molar-refractivity contribution < 1.29 is 55.7 Å². The molecular weight excluding hydrogens is 566 g/mol. The van der Waals surface area contributed by atoms with Crippen LogP contribution >= 0.6 is 0 Å². The van der Waals surface area contributed by atoms with E-state index in [1.807, 2.05) is 47.5 Å². The van der Waals surface area contributed by atoms with Crippen LogP contribution < -0.4 is 4.90 Å². The second-order valence-corrected chi connectivity index (χ2v) is 9.07. The first kappa shape index (κ1) is 33.0. The molecule has 0 saturated carbocycles. The number of piperazine rings is 1. The molecule has 2 N–H and O–H groups in total. The lowest BCUT2D eigenvalue weighted by molar-refractivity contribution is -0.193. The summed E-state index contributed by atoms with van der Waals surface area (Å²) in [6, 6.07) is 13.8. The molecule has 224 valence electrons. The SMILES string of the molecule is CC(=O)N1CC(=O)N(c2ccccc2)CC12CCN(Cc1cccnc1)C2.O=C(O)C(F)(F)F.O=C(O)C(F)(F)F. The van der Waals surface area contributed by atoms with Gasteiger partial charge in [0.05, 0.1) is 12.1 Å². The molecule has 2 saturated heterocycles. The van der Waals surface area contributed by atoms with E-state index >= 15 is 0 Å². The monoisotopic (exact) mass is 592 g/mol. The van der Waals surface area contributed by atoms with Crippen LogP contribution in [-0.4, -0.2) is 92.8 Å². The number of carbonyl (C=O) groups excluding carboxylic acids is 2. The second-order valence-electron chi connectivity index (χ2n) is 9.07. The third kappa shape index (κ3) is 9.44. The van der Waals surface area contributed by atoms with Crippen molar-refractivity contribution in [3.8, 4) is 0 Å². The molecule has 0 radical (unpaired) electrons. The zero-order valence-electron chi connectivity index (χ0n) is 21.5. The Bertz CT molecular complexity index is 1190. The molecule has 3 heterocycles. The number of aliphatic carboxylic acids is 2. The zero-order chi connectivity index (χ0) is 31.0. The topological polar surface area (TPSA) is 131 Å². The molecule has 10 nitrogen and oxygen atoms in total. The van der Waals surface area contributed by atoms with E-state index in [0.29, 0.717) is 6.54 Å². The predicted octanol–water partition coefficient (Wildman–Crippen LogP) is 3.19. The third-order valence-corrected chi connectivity index (χ3v) is 6.09. The van der Waals surface area contributed by atoms with Gasteiger partial charge in [0.25, 0.3) is 0 Å². The number of carboxylic acids is 2. The summed E-state index contributed by atoms with van der Waals surface area (Å²) >= 11 is 0. The number of hydrogen-bond acceptors (Lipinski definition) is 6. The van der Waals surface area contributed by atoms with Gasteiger partial charge in [-0.25, -0.2) is 9.59 Å². The average molecular weight is 592 g/mol. The number of anilines is 1. The molecule has 41 heavy (non-hydrogen) atoms. The van der Waals surface area contributed by atoms with Gasteiger partial charge in [-0.15, -0.1) is 0 Å². The highest BCUT2D eigenvalue weighted by Crippen LogP contribution is 2.35. The Balaban J connectivity index is 0.000000349. The van der Waals surface area contributed by atoms with E-state index in [9.17, 15) is 35.9 Å². The van der Waals surface area contributed by atoms with Crippen LogP contribution in [0.4, 0.5) is 32.0 Å². The number of para-hydroxylation sites is 1. The Labute approximate surface area is 229 Å². The van der Waals surface area contributed by atoms with Crippen molar-refractivity contribution in [3.63, 3.8) is 0 Å². The first-order chi connectivity index (χ1) is 19.0. The molecule has 2 aliphatic heterocycles. The lowest BCUT2D eigenvalue weighted by atomic mass is 9.91. The normalized spacial score (nSPS) is 19.1. The Kier molecular flexibility index (Phi) is 10.8. The van der Waals surface area contributed by atoms with Crippen molar-refractivity contribution in [2.75, 3.05) is 31.1 Å². The fourth-order valence-corrected chi connectivity index (χ4v) is 4.32. The van der Waals surface area contributed by atoms with Crippen LogP contribution in [0.25, 0.3) is 0 Å². The molecule has 2 aliphatic rings. The van der Waals surface area contributed by atoms with Crippen LogP contribution in [0.3, 0.4) is 0 Å². The lowest BCUT2D eigenvalue weighted by Gasteiger charge is -2.48. The summed E-state index contributed by atoms with van der Waals surface area (Å²) in [4.78, 5) is 53.0. The Morgan fingerprint density at radius 3 is 1.95 bits per heavy atom. The zero-order valence-corrected chi connectivity index (χ0v) is 21.5. The standard InChI is InChI=1S/C21H24N4O2.2C2HF3O2/c1-17(26)25-14-20(27)24(19-7-3-2-4-8-19)16-21(25)9-11-23(15-21)13-18-6-5-10-22-12-18;2*3-2(4,5)1(6)7/h2-8,10,12H,9,11,13-16H2,1H3;2*(H,6,7). The van der Waals surface area contributed by atoms with E-state index in [4.69, 9.17) is 19.8 Å². The van der Waals surface area contributed by atoms with Gasteiger partial charge in [0.15, 0.2) is 0 Å². The quantitative estimate of drug-likeness (QED) is 0.520. The van der Waals surface area contributed by atoms with Gasteiger partial charge in [-0.2, -0.15) is 26.3 Å². The van der Waals surface area contributed by atoms with Gasteiger partial charge in [0.1, 0.15) is 6.54 Å². The molecule has 1 unspecified atom stereocenters. The highest BCUT2D eigenvalue weighted by molar-refractivity contribution is 5.98. The summed E-state index contributed by atoms with van der Waals surface area (Å²) in [5.41, 5.74) is 1.73. The molecule has 1 spiro atoms. The lowest BCUT2D eigenvalue weighted by Crippen LogP contribution is -2.66. The van der Waals surface area contributed by atoms with E-state index in [0.717, 1.165) is 37.3 Å². The van der Waals surface area contributed by atoms with Crippen molar-refractivity contribution in [2.45, 2.75) is 37.8 Å². The molecule has 2 fully saturated rings. The number of benzene rings is 1. The fraction of sp³-hybridized carbons (Fsp3) is 0.400. The second kappa shape index (κ2) is 13.4. The van der Waals surface area contributed by atoms with E-state index in [1.165, 1.54) is 0 Å². The van der Waals surface area contributed by atoms with Crippen LogP contribution in [0.2, 0.25) is 0 Å². The molecule has 2 aromatic rings. The number of amides is 2. The minimum absolute atomic E-state index is 0.0206. The van der Waals surface area contributed by atoms with Crippen molar-refractivity contribution in [1.82, 2.24) is 14.8 Å². The van der Waals surface area contributed by atoms with Crippen molar-refractivity contribution in [1.29, 1.82) is 0 Å². The molecule has 0 aliphatic carbocycles. The molecule has 1 aromatic carbocycles.